The van der Waals surface area contributed by atoms with Crippen LogP contribution in [0.4, 0.5) is 0 Å². The number of hydrogen-bond acceptors (Lipinski definition) is 5. The number of unbranched alkanes of at least 4 members (excludes halogenated alkanes) is 8. The SMILES string of the molecule is CCCCCC(=O)Oc1ccccc1S(=O)(=O)O.CCCCCCCCCC(N)=O. The highest BCUT2D eigenvalue weighted by molar-refractivity contribution is 7.86. The normalized spacial score (nSPS) is 10.8. The first-order chi connectivity index (χ1) is 14.2. The minimum Gasteiger partial charge on any atom is -0.425 e. The highest BCUT2D eigenvalue weighted by Crippen LogP contribution is 2.23. The second-order valence-electron chi connectivity index (χ2n) is 7.19. The summed E-state index contributed by atoms with van der Waals surface area (Å²) in [5.41, 5.74) is 5.02. The van der Waals surface area contributed by atoms with Crippen molar-refractivity contribution < 1.29 is 27.3 Å². The van der Waals surface area contributed by atoms with Crippen LogP contribution in [-0.4, -0.2) is 24.8 Å². The molecule has 0 heterocycles. The molecular formula is C22H37NO6S. The van der Waals surface area contributed by atoms with Crippen LogP contribution in [0.25, 0.3) is 0 Å². The molecule has 0 bridgehead atoms. The molecule has 0 aromatic heterocycles. The lowest BCUT2D eigenvalue weighted by Gasteiger charge is -2.07. The van der Waals surface area contributed by atoms with Gasteiger partial charge in [-0.05, 0) is 25.0 Å². The minimum absolute atomic E-state index is 0.138. The highest BCUT2D eigenvalue weighted by atomic mass is 32.2. The Labute approximate surface area is 181 Å². The molecule has 1 aromatic carbocycles. The fraction of sp³-hybridized carbons (Fsp3) is 0.636. The second kappa shape index (κ2) is 16.8. The molecule has 172 valence electrons. The Hall–Kier alpha value is -1.93. The Kier molecular flexibility index (Phi) is 15.7. The number of nitrogens with two attached hydrogens (primary N) is 1. The summed E-state index contributed by atoms with van der Waals surface area (Å²) < 4.78 is 36.0. The van der Waals surface area contributed by atoms with Crippen LogP contribution in [0.15, 0.2) is 29.2 Å². The number of primary amides is 1. The van der Waals surface area contributed by atoms with Gasteiger partial charge in [0, 0.05) is 12.8 Å². The number of amides is 1. The zero-order valence-electron chi connectivity index (χ0n) is 18.3. The molecule has 7 nitrogen and oxygen atoms in total. The van der Waals surface area contributed by atoms with Crippen molar-refractivity contribution in [3.8, 4) is 5.75 Å². The average molecular weight is 444 g/mol. The van der Waals surface area contributed by atoms with Crippen molar-refractivity contribution in [2.24, 2.45) is 5.73 Å². The van der Waals surface area contributed by atoms with Gasteiger partial charge in [-0.1, -0.05) is 77.3 Å². The first-order valence-corrected chi connectivity index (χ1v) is 12.2. The molecule has 0 radical (unpaired) electrons. The van der Waals surface area contributed by atoms with Gasteiger partial charge in [-0.25, -0.2) is 0 Å². The molecule has 0 aliphatic rings. The number of rotatable bonds is 14. The maximum atomic E-state index is 11.5. The summed E-state index contributed by atoms with van der Waals surface area (Å²) in [7, 11) is -4.38. The summed E-state index contributed by atoms with van der Waals surface area (Å²) in [6.07, 6.45) is 12.1. The zero-order chi connectivity index (χ0) is 22.8. The van der Waals surface area contributed by atoms with Gasteiger partial charge in [0.1, 0.15) is 4.90 Å². The lowest BCUT2D eigenvalue weighted by atomic mass is 10.1. The summed E-state index contributed by atoms with van der Waals surface area (Å²) >= 11 is 0. The van der Waals surface area contributed by atoms with E-state index in [2.05, 4.69) is 6.92 Å². The summed E-state index contributed by atoms with van der Waals surface area (Å²) in [6, 6.07) is 5.49. The summed E-state index contributed by atoms with van der Waals surface area (Å²) in [4.78, 5) is 21.4. The maximum absolute atomic E-state index is 11.5. The van der Waals surface area contributed by atoms with E-state index in [-0.39, 0.29) is 18.1 Å². The lowest BCUT2D eigenvalue weighted by Crippen LogP contribution is -2.10. The maximum Gasteiger partial charge on any atom is 0.311 e. The number of hydrogen-bond donors (Lipinski definition) is 2. The van der Waals surface area contributed by atoms with Crippen LogP contribution in [0.3, 0.4) is 0 Å². The van der Waals surface area contributed by atoms with Crippen LogP contribution >= 0.6 is 0 Å². The minimum atomic E-state index is -4.38. The van der Waals surface area contributed by atoms with Crippen molar-refractivity contribution in [3.05, 3.63) is 24.3 Å². The van der Waals surface area contributed by atoms with E-state index >= 15 is 0 Å². The van der Waals surface area contributed by atoms with Gasteiger partial charge in [0.2, 0.25) is 5.91 Å². The lowest BCUT2D eigenvalue weighted by molar-refractivity contribution is -0.134. The van der Waals surface area contributed by atoms with Gasteiger partial charge in [-0.2, -0.15) is 8.42 Å². The molecule has 0 aliphatic heterocycles. The average Bonchev–Trinajstić information content (AvgIpc) is 2.67. The molecule has 0 saturated heterocycles. The van der Waals surface area contributed by atoms with Crippen LogP contribution in [0.5, 0.6) is 5.75 Å². The Bertz CT molecular complexity index is 718. The second-order valence-corrected chi connectivity index (χ2v) is 8.58. The zero-order valence-corrected chi connectivity index (χ0v) is 19.1. The van der Waals surface area contributed by atoms with Gasteiger partial charge in [-0.3, -0.25) is 14.1 Å². The Balaban J connectivity index is 0.000000612. The van der Waals surface area contributed by atoms with E-state index in [1.807, 2.05) is 6.92 Å². The molecule has 0 atom stereocenters. The van der Waals surface area contributed by atoms with Crippen LogP contribution < -0.4 is 10.5 Å². The fourth-order valence-electron chi connectivity index (χ4n) is 2.70. The van der Waals surface area contributed by atoms with E-state index in [9.17, 15) is 18.0 Å². The molecule has 0 saturated carbocycles. The number of benzene rings is 1. The molecule has 0 aliphatic carbocycles. The van der Waals surface area contributed by atoms with Gasteiger partial charge in [0.15, 0.2) is 5.75 Å². The van der Waals surface area contributed by atoms with E-state index in [1.54, 1.807) is 0 Å². The largest absolute Gasteiger partial charge is 0.425 e. The quantitative estimate of drug-likeness (QED) is 0.180. The number of carbonyl (C=O) groups is 2. The third kappa shape index (κ3) is 15.0. The molecule has 30 heavy (non-hydrogen) atoms. The first-order valence-electron chi connectivity index (χ1n) is 10.8. The van der Waals surface area contributed by atoms with Crippen molar-refractivity contribution >= 4 is 22.0 Å². The third-order valence-electron chi connectivity index (χ3n) is 4.36. The van der Waals surface area contributed by atoms with Crippen LogP contribution in [0.1, 0.15) is 90.9 Å². The van der Waals surface area contributed by atoms with Gasteiger partial charge in [-0.15, -0.1) is 0 Å². The topological polar surface area (TPSA) is 124 Å². The smallest absolute Gasteiger partial charge is 0.311 e. The summed E-state index contributed by atoms with van der Waals surface area (Å²) in [6.45, 7) is 4.23. The number of para-hydroxylation sites is 1. The molecule has 3 N–H and O–H groups in total. The first kappa shape index (κ1) is 28.1. The van der Waals surface area contributed by atoms with Gasteiger partial charge >= 0.3 is 5.97 Å². The monoisotopic (exact) mass is 443 g/mol. The number of ether oxygens (including phenoxy) is 1. The summed E-state index contributed by atoms with van der Waals surface area (Å²) in [5.74, 6) is -0.801. The van der Waals surface area contributed by atoms with Crippen molar-refractivity contribution in [1.82, 2.24) is 0 Å². The number of esters is 1. The Morgan fingerprint density at radius 3 is 1.93 bits per heavy atom. The van der Waals surface area contributed by atoms with Crippen molar-refractivity contribution in [3.63, 3.8) is 0 Å². The number of carbonyl (C=O) groups excluding carboxylic acids is 2. The molecule has 0 unspecified atom stereocenters. The molecule has 1 rings (SSSR count). The fourth-order valence-corrected chi connectivity index (χ4v) is 3.31. The molecule has 0 fully saturated rings. The standard InChI is InChI=1S/C12H16O5S.C10H21NO/c1-2-3-4-9-12(13)17-10-7-5-6-8-11(10)18(14,15)16;1-2-3-4-5-6-7-8-9-10(11)12/h5-8H,2-4,9H2,1H3,(H,14,15,16);2-9H2,1H3,(H2,11,12). The van der Waals surface area contributed by atoms with Crippen molar-refractivity contribution in [1.29, 1.82) is 0 Å². The Morgan fingerprint density at radius 1 is 0.867 bits per heavy atom. The van der Waals surface area contributed by atoms with Crippen LogP contribution in [0.2, 0.25) is 0 Å². The van der Waals surface area contributed by atoms with E-state index in [0.717, 1.165) is 25.7 Å². The highest BCUT2D eigenvalue weighted by Gasteiger charge is 2.17. The molecule has 1 amide bonds. The van der Waals surface area contributed by atoms with E-state index in [1.165, 1.54) is 56.4 Å². The van der Waals surface area contributed by atoms with E-state index in [4.69, 9.17) is 15.0 Å². The van der Waals surface area contributed by atoms with E-state index in [0.29, 0.717) is 12.8 Å². The van der Waals surface area contributed by atoms with Gasteiger partial charge in [0.05, 0.1) is 0 Å². The molecule has 0 spiro atoms. The molecule has 8 heteroatoms. The molecule has 1 aromatic rings. The predicted octanol–water partition coefficient (Wildman–Crippen LogP) is 5.03. The van der Waals surface area contributed by atoms with Crippen LogP contribution in [-0.2, 0) is 19.7 Å². The predicted molar refractivity (Wildman–Crippen MR) is 118 cm³/mol. The van der Waals surface area contributed by atoms with Gasteiger partial charge < -0.3 is 10.5 Å². The van der Waals surface area contributed by atoms with Gasteiger partial charge in [0.25, 0.3) is 10.1 Å². The van der Waals surface area contributed by atoms with Crippen LogP contribution in [0, 0.1) is 0 Å². The molecular weight excluding hydrogens is 406 g/mol. The van der Waals surface area contributed by atoms with E-state index < -0.39 is 21.0 Å². The van der Waals surface area contributed by atoms with Crippen molar-refractivity contribution in [2.45, 2.75) is 95.8 Å². The van der Waals surface area contributed by atoms with Crippen molar-refractivity contribution in [2.75, 3.05) is 0 Å². The summed E-state index contributed by atoms with van der Waals surface area (Å²) in [5, 5.41) is 0. The third-order valence-corrected chi connectivity index (χ3v) is 5.26. The Morgan fingerprint density at radius 2 is 1.37 bits per heavy atom.